The van der Waals surface area contributed by atoms with Gasteiger partial charge in [-0.3, -0.25) is 4.79 Å². The van der Waals surface area contributed by atoms with Crippen LogP contribution in [0.3, 0.4) is 0 Å². The van der Waals surface area contributed by atoms with Gasteiger partial charge < -0.3 is 5.32 Å². The second kappa shape index (κ2) is 7.08. The summed E-state index contributed by atoms with van der Waals surface area (Å²) in [5.41, 5.74) is 1.22. The van der Waals surface area contributed by atoms with Crippen LogP contribution in [-0.2, 0) is 17.4 Å². The van der Waals surface area contributed by atoms with E-state index in [1.165, 1.54) is 23.5 Å². The number of aromatic nitrogens is 3. The fraction of sp³-hybridized carbons (Fsp3) is 0.105. The Hall–Kier alpha value is -3.20. The molecule has 5 nitrogen and oxygen atoms in total. The van der Waals surface area contributed by atoms with Gasteiger partial charge in [0.25, 0.3) is 0 Å². The summed E-state index contributed by atoms with van der Waals surface area (Å²) >= 11 is 1.19. The molecule has 0 atom stereocenters. The molecule has 2 aromatic heterocycles. The van der Waals surface area contributed by atoms with Crippen molar-refractivity contribution in [2.75, 3.05) is 5.32 Å². The number of anilines is 1. The van der Waals surface area contributed by atoms with Gasteiger partial charge in [-0.15, -0.1) is 5.10 Å². The number of fused-ring (bicyclic) bond motifs is 1. The molecule has 1 amide bonds. The highest BCUT2D eigenvalue weighted by molar-refractivity contribution is 7.20. The lowest BCUT2D eigenvalue weighted by Crippen LogP contribution is -2.15. The van der Waals surface area contributed by atoms with Crippen molar-refractivity contribution in [3.8, 4) is 11.3 Å². The molecule has 142 valence electrons. The average Bonchev–Trinajstić information content (AvgIpc) is 3.20. The summed E-state index contributed by atoms with van der Waals surface area (Å²) in [7, 11) is 0. The zero-order valence-electron chi connectivity index (χ0n) is 14.3. The molecule has 1 N–H and O–H groups in total. The van der Waals surface area contributed by atoms with Crippen LogP contribution in [0.5, 0.6) is 0 Å². The molecular formula is C19H13F3N4OS. The molecule has 2 heterocycles. The highest BCUT2D eigenvalue weighted by atomic mass is 32.1. The number of benzene rings is 2. The number of hydrogen-bond donors (Lipinski definition) is 1. The third kappa shape index (κ3) is 3.89. The molecule has 2 aromatic carbocycles. The topological polar surface area (TPSA) is 59.3 Å². The lowest BCUT2D eigenvalue weighted by atomic mass is 10.1. The zero-order chi connectivity index (χ0) is 19.7. The second-order valence-corrected chi connectivity index (χ2v) is 7.01. The van der Waals surface area contributed by atoms with Crippen LogP contribution in [0.15, 0.2) is 60.8 Å². The summed E-state index contributed by atoms with van der Waals surface area (Å²) in [4.78, 5) is 17.3. The van der Waals surface area contributed by atoms with Crippen molar-refractivity contribution in [2.24, 2.45) is 0 Å². The van der Waals surface area contributed by atoms with Gasteiger partial charge in [0.1, 0.15) is 0 Å². The fourth-order valence-electron chi connectivity index (χ4n) is 2.71. The van der Waals surface area contributed by atoms with Crippen LogP contribution in [0.25, 0.3) is 16.2 Å². The van der Waals surface area contributed by atoms with Crippen molar-refractivity contribution in [1.82, 2.24) is 14.6 Å². The molecule has 0 aliphatic heterocycles. The quantitative estimate of drug-likeness (QED) is 0.540. The number of hydrogen-bond acceptors (Lipinski definition) is 4. The standard InChI is InChI=1S/C19H13F3N4OS/c20-19(21,22)14-8-4-5-12(9-14)10-16(27)24-17-25-26-11-15(23-18(26)28-17)13-6-2-1-3-7-13/h1-9,11H,10H2,(H,24,25,27). The van der Waals surface area contributed by atoms with Crippen LogP contribution >= 0.6 is 11.3 Å². The summed E-state index contributed by atoms with van der Waals surface area (Å²) in [6.07, 6.45) is -2.87. The minimum Gasteiger partial charge on any atom is -0.300 e. The van der Waals surface area contributed by atoms with E-state index in [-0.39, 0.29) is 12.0 Å². The number of nitrogens with zero attached hydrogens (tertiary/aromatic N) is 3. The SMILES string of the molecule is O=C(Cc1cccc(C(F)(F)F)c1)Nc1nn2cc(-c3ccccc3)nc2s1. The maximum absolute atomic E-state index is 12.8. The van der Waals surface area contributed by atoms with E-state index >= 15 is 0 Å². The maximum atomic E-state index is 12.8. The smallest absolute Gasteiger partial charge is 0.300 e. The molecule has 4 rings (SSSR count). The summed E-state index contributed by atoms with van der Waals surface area (Å²) in [5.74, 6) is -0.445. The molecule has 0 spiro atoms. The molecule has 0 saturated heterocycles. The first-order valence-electron chi connectivity index (χ1n) is 8.26. The number of halogens is 3. The van der Waals surface area contributed by atoms with E-state index in [2.05, 4.69) is 15.4 Å². The number of imidazole rings is 1. The van der Waals surface area contributed by atoms with Crippen molar-refractivity contribution < 1.29 is 18.0 Å². The molecule has 0 aliphatic carbocycles. The van der Waals surface area contributed by atoms with E-state index in [1.54, 1.807) is 10.7 Å². The normalized spacial score (nSPS) is 11.7. The van der Waals surface area contributed by atoms with E-state index in [1.807, 2.05) is 30.3 Å². The Kier molecular flexibility index (Phi) is 4.60. The fourth-order valence-corrected chi connectivity index (χ4v) is 3.50. The largest absolute Gasteiger partial charge is 0.416 e. The predicted octanol–water partition coefficient (Wildman–Crippen LogP) is 4.66. The molecular weight excluding hydrogens is 389 g/mol. The Morgan fingerprint density at radius 2 is 1.89 bits per heavy atom. The highest BCUT2D eigenvalue weighted by Gasteiger charge is 2.30. The number of nitrogens with one attached hydrogen (secondary N) is 1. The lowest BCUT2D eigenvalue weighted by Gasteiger charge is -2.08. The summed E-state index contributed by atoms with van der Waals surface area (Å²) < 4.78 is 39.9. The first kappa shape index (κ1) is 18.2. The highest BCUT2D eigenvalue weighted by Crippen LogP contribution is 2.30. The van der Waals surface area contributed by atoms with E-state index < -0.39 is 17.6 Å². The zero-order valence-corrected chi connectivity index (χ0v) is 15.1. The first-order valence-corrected chi connectivity index (χ1v) is 9.08. The van der Waals surface area contributed by atoms with E-state index in [0.29, 0.717) is 10.1 Å². The molecule has 28 heavy (non-hydrogen) atoms. The maximum Gasteiger partial charge on any atom is 0.416 e. The van der Waals surface area contributed by atoms with Gasteiger partial charge in [-0.05, 0) is 11.6 Å². The summed E-state index contributed by atoms with van der Waals surface area (Å²) in [5, 5.41) is 7.20. The number of carbonyl (C=O) groups is 1. The van der Waals surface area contributed by atoms with Crippen molar-refractivity contribution in [3.63, 3.8) is 0 Å². The van der Waals surface area contributed by atoms with E-state index in [9.17, 15) is 18.0 Å². The Bertz CT molecular complexity index is 1100. The van der Waals surface area contributed by atoms with Gasteiger partial charge in [-0.2, -0.15) is 13.2 Å². The minimum atomic E-state index is -4.44. The third-order valence-corrected chi connectivity index (χ3v) is 4.82. The first-order chi connectivity index (χ1) is 13.4. The Morgan fingerprint density at radius 1 is 1.11 bits per heavy atom. The summed E-state index contributed by atoms with van der Waals surface area (Å²) in [6, 6.07) is 14.3. The van der Waals surface area contributed by atoms with E-state index in [4.69, 9.17) is 0 Å². The number of rotatable bonds is 4. The lowest BCUT2D eigenvalue weighted by molar-refractivity contribution is -0.137. The van der Waals surface area contributed by atoms with Crippen LogP contribution in [0.4, 0.5) is 18.3 Å². The third-order valence-electron chi connectivity index (χ3n) is 3.98. The molecule has 0 unspecified atom stereocenters. The molecule has 0 radical (unpaired) electrons. The van der Waals surface area contributed by atoms with Crippen molar-refractivity contribution in [1.29, 1.82) is 0 Å². The molecule has 0 bridgehead atoms. The van der Waals surface area contributed by atoms with Crippen molar-refractivity contribution in [2.45, 2.75) is 12.6 Å². The molecule has 0 saturated carbocycles. The van der Waals surface area contributed by atoms with Gasteiger partial charge in [0.15, 0.2) is 0 Å². The molecule has 4 aromatic rings. The van der Waals surface area contributed by atoms with Gasteiger partial charge in [0, 0.05) is 5.56 Å². The van der Waals surface area contributed by atoms with Gasteiger partial charge in [0.2, 0.25) is 16.0 Å². The van der Waals surface area contributed by atoms with Crippen LogP contribution in [-0.4, -0.2) is 20.5 Å². The summed E-state index contributed by atoms with van der Waals surface area (Å²) in [6.45, 7) is 0. The Labute approximate surface area is 161 Å². The van der Waals surface area contributed by atoms with Crippen LogP contribution in [0, 0.1) is 0 Å². The number of carbonyl (C=O) groups excluding carboxylic acids is 1. The monoisotopic (exact) mass is 402 g/mol. The van der Waals surface area contributed by atoms with Gasteiger partial charge in [0.05, 0.1) is 23.9 Å². The Morgan fingerprint density at radius 3 is 2.61 bits per heavy atom. The second-order valence-electron chi connectivity index (χ2n) is 6.05. The van der Waals surface area contributed by atoms with Crippen molar-refractivity contribution in [3.05, 3.63) is 71.9 Å². The van der Waals surface area contributed by atoms with Crippen LogP contribution in [0.1, 0.15) is 11.1 Å². The molecule has 0 fully saturated rings. The van der Waals surface area contributed by atoms with Gasteiger partial charge >= 0.3 is 6.18 Å². The number of alkyl halides is 3. The molecule has 9 heteroatoms. The number of amides is 1. The average molecular weight is 402 g/mol. The van der Waals surface area contributed by atoms with Crippen molar-refractivity contribution >= 4 is 27.3 Å². The van der Waals surface area contributed by atoms with E-state index in [0.717, 1.165) is 23.4 Å². The minimum absolute atomic E-state index is 0.179. The van der Waals surface area contributed by atoms with Gasteiger partial charge in [-0.1, -0.05) is 59.9 Å². The molecule has 0 aliphatic rings. The van der Waals surface area contributed by atoms with Gasteiger partial charge in [-0.25, -0.2) is 9.50 Å². The Balaban J connectivity index is 1.46. The van der Waals surface area contributed by atoms with Crippen LogP contribution in [0.2, 0.25) is 0 Å². The van der Waals surface area contributed by atoms with Crippen LogP contribution < -0.4 is 5.32 Å². The predicted molar refractivity (Wildman–Crippen MR) is 100 cm³/mol.